The highest BCUT2D eigenvalue weighted by molar-refractivity contribution is 6.25. The van der Waals surface area contributed by atoms with Crippen LogP contribution in [0.3, 0.4) is 0 Å². The average Bonchev–Trinajstić information content (AvgIpc) is 3.33. The van der Waals surface area contributed by atoms with Gasteiger partial charge in [0.1, 0.15) is 0 Å². The maximum absolute atomic E-state index is 14.2. The Bertz CT molecular complexity index is 1930. The number of allylic oxidation sites excluding steroid dienone is 6. The number of carbonyl (C=O) groups is 5. The monoisotopic (exact) mass is 613 g/mol. The van der Waals surface area contributed by atoms with Crippen molar-refractivity contribution in [3.05, 3.63) is 124 Å². The summed E-state index contributed by atoms with van der Waals surface area (Å²) in [4.78, 5) is 69.3. The molecule has 1 N–H and O–H groups in total. The lowest BCUT2D eigenvalue weighted by Gasteiger charge is -2.42. The zero-order valence-electron chi connectivity index (χ0n) is 25.4. The molecule has 0 bridgehead atoms. The van der Waals surface area contributed by atoms with Crippen LogP contribution in [0.4, 0.5) is 5.69 Å². The molecule has 2 amide bonds. The molecule has 7 rings (SSSR count). The van der Waals surface area contributed by atoms with Crippen molar-refractivity contribution in [1.29, 1.82) is 0 Å². The van der Waals surface area contributed by atoms with E-state index in [9.17, 15) is 29.1 Å². The van der Waals surface area contributed by atoms with Crippen LogP contribution in [-0.2, 0) is 19.2 Å². The number of Topliss-reactive ketones (excluding diaryl/α,β-unsaturated/α-hetero) is 1. The zero-order valence-corrected chi connectivity index (χ0v) is 25.4. The van der Waals surface area contributed by atoms with Crippen molar-refractivity contribution in [1.82, 2.24) is 0 Å². The van der Waals surface area contributed by atoms with Crippen LogP contribution >= 0.6 is 0 Å². The van der Waals surface area contributed by atoms with Gasteiger partial charge in [0.15, 0.2) is 28.8 Å². The summed E-state index contributed by atoms with van der Waals surface area (Å²) in [6, 6.07) is 20.4. The van der Waals surface area contributed by atoms with Crippen LogP contribution < -0.4 is 9.64 Å². The number of amides is 2. The molecule has 0 unspecified atom stereocenters. The van der Waals surface area contributed by atoms with E-state index in [-0.39, 0.29) is 53.5 Å². The van der Waals surface area contributed by atoms with Gasteiger partial charge in [0.2, 0.25) is 11.8 Å². The van der Waals surface area contributed by atoms with Crippen molar-refractivity contribution >= 4 is 34.9 Å². The number of ketones is 3. The van der Waals surface area contributed by atoms with Gasteiger partial charge in [0.05, 0.1) is 24.1 Å². The largest absolute Gasteiger partial charge is 0.504 e. The van der Waals surface area contributed by atoms with Crippen LogP contribution in [0, 0.1) is 17.8 Å². The summed E-state index contributed by atoms with van der Waals surface area (Å²) in [6.45, 7) is 3.72. The molecule has 1 heterocycles. The summed E-state index contributed by atoms with van der Waals surface area (Å²) in [7, 11) is 0. The Kier molecular flexibility index (Phi) is 7.15. The van der Waals surface area contributed by atoms with Crippen molar-refractivity contribution < 1.29 is 33.8 Å². The third-order valence-corrected chi connectivity index (χ3v) is 9.63. The summed E-state index contributed by atoms with van der Waals surface area (Å²) < 4.78 is 5.65. The molecule has 4 aliphatic rings. The molecule has 0 radical (unpaired) electrons. The Labute approximate surface area is 265 Å². The van der Waals surface area contributed by atoms with Gasteiger partial charge in [-0.1, -0.05) is 54.1 Å². The summed E-state index contributed by atoms with van der Waals surface area (Å²) in [5.74, 6) is -4.07. The Morgan fingerprint density at radius 3 is 2.33 bits per heavy atom. The lowest BCUT2D eigenvalue weighted by atomic mass is 9.59. The van der Waals surface area contributed by atoms with Crippen molar-refractivity contribution in [2.75, 3.05) is 11.5 Å². The normalized spacial score (nSPS) is 23.8. The van der Waals surface area contributed by atoms with E-state index in [0.717, 1.165) is 5.57 Å². The maximum atomic E-state index is 14.2. The highest BCUT2D eigenvalue weighted by Crippen LogP contribution is 2.57. The second kappa shape index (κ2) is 11.2. The predicted molar refractivity (Wildman–Crippen MR) is 169 cm³/mol. The number of ether oxygens (including phenoxy) is 1. The Balaban J connectivity index is 1.27. The maximum Gasteiger partial charge on any atom is 0.238 e. The topological polar surface area (TPSA) is 118 Å². The Hall–Kier alpha value is -5.37. The molecule has 8 nitrogen and oxygen atoms in total. The number of nitrogens with zero attached hydrogens (tertiary/aromatic N) is 1. The number of benzene rings is 3. The van der Waals surface area contributed by atoms with Crippen molar-refractivity contribution in [3.63, 3.8) is 0 Å². The minimum atomic E-state index is -0.782. The molecular formula is C38H31NO7. The van der Waals surface area contributed by atoms with Crippen LogP contribution in [0.2, 0.25) is 0 Å². The number of imide groups is 1. The lowest BCUT2D eigenvalue weighted by molar-refractivity contribution is -0.123. The van der Waals surface area contributed by atoms with Gasteiger partial charge in [0, 0.05) is 39.3 Å². The molecular weight excluding hydrogens is 582 g/mol. The minimum absolute atomic E-state index is 0.127. The number of hydrogen-bond acceptors (Lipinski definition) is 7. The first-order chi connectivity index (χ1) is 22.2. The molecule has 3 aromatic rings. The van der Waals surface area contributed by atoms with E-state index < -0.39 is 23.7 Å². The smallest absolute Gasteiger partial charge is 0.238 e. The predicted octanol–water partition coefficient (Wildman–Crippen LogP) is 5.66. The lowest BCUT2D eigenvalue weighted by Crippen LogP contribution is -2.39. The van der Waals surface area contributed by atoms with E-state index in [4.69, 9.17) is 4.74 Å². The molecule has 0 spiro atoms. The van der Waals surface area contributed by atoms with E-state index in [2.05, 4.69) is 0 Å². The molecule has 1 fully saturated rings. The molecule has 1 aliphatic heterocycles. The van der Waals surface area contributed by atoms with Crippen LogP contribution in [-0.4, -0.2) is 40.9 Å². The minimum Gasteiger partial charge on any atom is -0.504 e. The molecule has 0 saturated carbocycles. The molecule has 46 heavy (non-hydrogen) atoms. The quantitative estimate of drug-likeness (QED) is 0.165. The first-order valence-electron chi connectivity index (χ1n) is 15.4. The summed E-state index contributed by atoms with van der Waals surface area (Å²) >= 11 is 0. The Morgan fingerprint density at radius 2 is 1.61 bits per heavy atom. The van der Waals surface area contributed by atoms with E-state index in [1.165, 1.54) is 11.0 Å². The number of hydrogen-bond donors (Lipinski definition) is 1. The number of rotatable bonds is 6. The van der Waals surface area contributed by atoms with Gasteiger partial charge in [-0.3, -0.25) is 28.9 Å². The van der Waals surface area contributed by atoms with Gasteiger partial charge in [-0.25, -0.2) is 0 Å². The van der Waals surface area contributed by atoms with Crippen molar-refractivity contribution in [3.8, 4) is 11.5 Å². The van der Waals surface area contributed by atoms with Crippen molar-refractivity contribution in [2.24, 2.45) is 17.8 Å². The van der Waals surface area contributed by atoms with Crippen molar-refractivity contribution in [2.45, 2.75) is 32.6 Å². The number of anilines is 1. The second-order valence-electron chi connectivity index (χ2n) is 12.1. The third kappa shape index (κ3) is 4.47. The van der Waals surface area contributed by atoms with Gasteiger partial charge in [-0.2, -0.15) is 0 Å². The number of phenols is 1. The number of para-hydroxylation sites is 1. The molecule has 4 atom stereocenters. The van der Waals surface area contributed by atoms with Crippen LogP contribution in [0.15, 0.2) is 107 Å². The van der Waals surface area contributed by atoms with E-state index in [0.29, 0.717) is 45.7 Å². The van der Waals surface area contributed by atoms with Gasteiger partial charge < -0.3 is 9.84 Å². The van der Waals surface area contributed by atoms with Gasteiger partial charge in [0.25, 0.3) is 0 Å². The fourth-order valence-corrected chi connectivity index (χ4v) is 7.53. The fourth-order valence-electron chi connectivity index (χ4n) is 7.53. The van der Waals surface area contributed by atoms with Gasteiger partial charge in [-0.05, 0) is 69.0 Å². The zero-order chi connectivity index (χ0) is 32.3. The standard InChI is InChI=1S/C38H31NO7/c1-3-46-30-11-7-10-25(36(30)43)31-24-16-17-26-32(27(24)19-28-29(40)18-20(2)34(41)33(28)31)38(45)39(37(26)44)23-14-12-22(13-15-23)35(42)21-8-5-4-6-9-21/h4-16,18,26-27,31-32,43H,3,17,19H2,1-2H3/t26-,27+,31+,32-/m0/s1. The van der Waals surface area contributed by atoms with E-state index in [1.807, 2.05) is 12.1 Å². The highest BCUT2D eigenvalue weighted by atomic mass is 16.5. The molecule has 0 aromatic heterocycles. The number of carbonyl (C=O) groups excluding carboxylic acids is 5. The average molecular weight is 614 g/mol. The molecule has 1 saturated heterocycles. The number of aromatic hydroxyl groups is 1. The SMILES string of the molecule is CCOc1cccc([C@H]2C3=CC[C@@H]4C(=O)N(c5ccc(C(=O)c6ccccc6)cc5)C(=O)[C@@H]4[C@@H]3CC3=C2C(=O)C(C)=CC3=O)c1O. The summed E-state index contributed by atoms with van der Waals surface area (Å²) in [5.41, 5.74) is 3.42. The number of fused-ring (bicyclic) bond motifs is 3. The molecule has 3 aromatic carbocycles. The Morgan fingerprint density at radius 1 is 0.891 bits per heavy atom. The fraction of sp³-hybridized carbons (Fsp3) is 0.237. The van der Waals surface area contributed by atoms with Crippen LogP contribution in [0.5, 0.6) is 11.5 Å². The molecule has 3 aliphatic carbocycles. The summed E-state index contributed by atoms with van der Waals surface area (Å²) in [5, 5.41) is 11.3. The van der Waals surface area contributed by atoms with Gasteiger partial charge >= 0.3 is 0 Å². The number of phenolic OH excluding ortho intramolecular Hbond substituents is 1. The molecule has 230 valence electrons. The molecule has 8 heteroatoms. The van der Waals surface area contributed by atoms with Crippen LogP contribution in [0.25, 0.3) is 0 Å². The highest BCUT2D eigenvalue weighted by Gasteiger charge is 2.57. The first-order valence-corrected chi connectivity index (χ1v) is 15.4. The van der Waals surface area contributed by atoms with E-state index >= 15 is 0 Å². The van der Waals surface area contributed by atoms with E-state index in [1.54, 1.807) is 80.6 Å². The summed E-state index contributed by atoms with van der Waals surface area (Å²) in [6.07, 6.45) is 3.64. The third-order valence-electron chi connectivity index (χ3n) is 9.63. The van der Waals surface area contributed by atoms with Crippen LogP contribution in [0.1, 0.15) is 54.1 Å². The second-order valence-corrected chi connectivity index (χ2v) is 12.1. The first kappa shape index (κ1) is 29.3. The van der Waals surface area contributed by atoms with Gasteiger partial charge in [-0.15, -0.1) is 0 Å².